The number of pyridine rings is 1. The highest BCUT2D eigenvalue weighted by Gasteiger charge is 2.15. The van der Waals surface area contributed by atoms with E-state index >= 15 is 0 Å². The molecule has 0 atom stereocenters. The van der Waals surface area contributed by atoms with Gasteiger partial charge in [-0.05, 0) is 132 Å². The minimum absolute atomic E-state index is 0.605. The first kappa shape index (κ1) is 29.8. The van der Waals surface area contributed by atoms with Crippen LogP contribution in [0.15, 0.2) is 182 Å². The summed E-state index contributed by atoms with van der Waals surface area (Å²) in [5, 5.41) is 9.77. The number of aromatic nitrogens is 4. The number of fused-ring (bicyclic) bond motifs is 4. The second kappa shape index (κ2) is 12.4. The molecule has 0 bridgehead atoms. The Morgan fingerprint density at radius 3 is 1.12 bits per heavy atom. The highest BCUT2D eigenvalue weighted by atomic mass is 15.0. The lowest BCUT2D eigenvalue weighted by Crippen LogP contribution is -2.00. The molecule has 0 aliphatic heterocycles. The summed E-state index contributed by atoms with van der Waals surface area (Å²) >= 11 is 0. The normalized spacial score (nSPS) is 11.5. The van der Waals surface area contributed by atoms with Crippen LogP contribution in [0.5, 0.6) is 0 Å². The predicted octanol–water partition coefficient (Wildman–Crippen LogP) is 12.2. The zero-order valence-electron chi connectivity index (χ0n) is 28.1. The molecular weight excluding hydrogens is 633 g/mol. The van der Waals surface area contributed by atoms with Crippen molar-refractivity contribution in [3.8, 4) is 56.4 Å². The minimum Gasteiger partial charge on any atom is -0.265 e. The van der Waals surface area contributed by atoms with Crippen molar-refractivity contribution >= 4 is 43.1 Å². The third kappa shape index (κ3) is 5.53. The van der Waals surface area contributed by atoms with E-state index in [-0.39, 0.29) is 0 Å². The van der Waals surface area contributed by atoms with Gasteiger partial charge in [-0.3, -0.25) is 4.98 Å². The third-order valence-corrected chi connectivity index (χ3v) is 9.87. The Hall–Kier alpha value is -7.04. The first-order chi connectivity index (χ1) is 25.7. The van der Waals surface area contributed by atoms with E-state index in [2.05, 4.69) is 132 Å². The molecule has 242 valence electrons. The van der Waals surface area contributed by atoms with Crippen molar-refractivity contribution in [1.82, 2.24) is 19.9 Å². The van der Waals surface area contributed by atoms with E-state index < -0.39 is 0 Å². The molecule has 2 aromatic heterocycles. The van der Waals surface area contributed by atoms with Gasteiger partial charge in [0.15, 0.2) is 17.5 Å². The van der Waals surface area contributed by atoms with Gasteiger partial charge in [0.2, 0.25) is 0 Å². The van der Waals surface area contributed by atoms with Gasteiger partial charge in [0.25, 0.3) is 0 Å². The second-order valence-corrected chi connectivity index (χ2v) is 13.2. The zero-order chi connectivity index (χ0) is 34.4. The standard InChI is InChI=1S/C48H30N4/c1-2-8-31(9-3-1)46-50-47(32-18-20-49-21-19-32)52-48(51-46)45-29-43(39-16-14-37-22-33-10-4-6-12-35(33)24-41(37)26-39)28-44(30-45)40-17-15-38-23-34-11-5-7-13-36(34)25-42(38)27-40/h1-30H. The molecule has 0 saturated carbocycles. The molecule has 0 aliphatic carbocycles. The largest absolute Gasteiger partial charge is 0.265 e. The van der Waals surface area contributed by atoms with Gasteiger partial charge in [-0.2, -0.15) is 0 Å². The van der Waals surface area contributed by atoms with Gasteiger partial charge < -0.3 is 0 Å². The zero-order valence-corrected chi connectivity index (χ0v) is 28.1. The number of hydrogen-bond donors (Lipinski definition) is 0. The Labute approximate surface area is 300 Å². The number of nitrogens with zero attached hydrogens (tertiary/aromatic N) is 4. The van der Waals surface area contributed by atoms with E-state index in [4.69, 9.17) is 15.0 Å². The molecule has 0 saturated heterocycles. The Morgan fingerprint density at radius 2 is 0.615 bits per heavy atom. The van der Waals surface area contributed by atoms with Gasteiger partial charge in [0.1, 0.15) is 0 Å². The molecule has 4 heteroatoms. The summed E-state index contributed by atoms with van der Waals surface area (Å²) < 4.78 is 0. The number of rotatable bonds is 5. The number of benzene rings is 8. The fraction of sp³-hybridized carbons (Fsp3) is 0. The van der Waals surface area contributed by atoms with Crippen LogP contribution in [0.2, 0.25) is 0 Å². The van der Waals surface area contributed by atoms with Crippen LogP contribution >= 0.6 is 0 Å². The maximum Gasteiger partial charge on any atom is 0.164 e. The van der Waals surface area contributed by atoms with Crippen molar-refractivity contribution in [2.75, 3.05) is 0 Å². The minimum atomic E-state index is 0.605. The molecule has 52 heavy (non-hydrogen) atoms. The van der Waals surface area contributed by atoms with Gasteiger partial charge in [0, 0.05) is 29.1 Å². The van der Waals surface area contributed by atoms with Crippen LogP contribution in [0.1, 0.15) is 0 Å². The van der Waals surface area contributed by atoms with Gasteiger partial charge in [0.05, 0.1) is 0 Å². The Balaban J connectivity index is 1.19. The van der Waals surface area contributed by atoms with Gasteiger partial charge in [-0.25, -0.2) is 15.0 Å². The smallest absolute Gasteiger partial charge is 0.164 e. The van der Waals surface area contributed by atoms with Crippen LogP contribution in [-0.2, 0) is 0 Å². The topological polar surface area (TPSA) is 51.6 Å². The average molecular weight is 663 g/mol. The van der Waals surface area contributed by atoms with Crippen molar-refractivity contribution in [2.24, 2.45) is 0 Å². The highest BCUT2D eigenvalue weighted by Crippen LogP contribution is 2.36. The quantitative estimate of drug-likeness (QED) is 0.172. The van der Waals surface area contributed by atoms with E-state index in [9.17, 15) is 0 Å². The summed E-state index contributed by atoms with van der Waals surface area (Å²) in [5.74, 6) is 1.84. The molecule has 10 aromatic rings. The summed E-state index contributed by atoms with van der Waals surface area (Å²) in [4.78, 5) is 19.3. The molecular formula is C48H30N4. The molecule has 0 amide bonds. The van der Waals surface area contributed by atoms with Crippen molar-refractivity contribution in [1.29, 1.82) is 0 Å². The van der Waals surface area contributed by atoms with E-state index in [0.29, 0.717) is 17.5 Å². The van der Waals surface area contributed by atoms with Crippen LogP contribution in [0.4, 0.5) is 0 Å². The fourth-order valence-electron chi connectivity index (χ4n) is 7.18. The molecule has 2 heterocycles. The SMILES string of the molecule is c1ccc(-c2nc(-c3ccncc3)nc(-c3cc(-c4ccc5cc6ccccc6cc5c4)cc(-c4ccc5cc6ccccc6cc5c4)c3)n2)cc1. The Kier molecular flexibility index (Phi) is 7.10. The Morgan fingerprint density at radius 1 is 0.231 bits per heavy atom. The maximum absolute atomic E-state index is 5.10. The monoisotopic (exact) mass is 662 g/mol. The fourth-order valence-corrected chi connectivity index (χ4v) is 7.18. The van der Waals surface area contributed by atoms with Crippen molar-refractivity contribution < 1.29 is 0 Å². The van der Waals surface area contributed by atoms with Gasteiger partial charge in [-0.15, -0.1) is 0 Å². The van der Waals surface area contributed by atoms with Crippen LogP contribution in [0, 0.1) is 0 Å². The van der Waals surface area contributed by atoms with E-state index in [0.717, 1.165) is 38.9 Å². The molecule has 10 rings (SSSR count). The molecule has 0 radical (unpaired) electrons. The summed E-state index contributed by atoms with van der Waals surface area (Å²) in [6.45, 7) is 0. The molecule has 0 unspecified atom stereocenters. The lowest BCUT2D eigenvalue weighted by Gasteiger charge is -2.14. The highest BCUT2D eigenvalue weighted by molar-refractivity contribution is 6.01. The first-order valence-corrected chi connectivity index (χ1v) is 17.4. The van der Waals surface area contributed by atoms with Crippen LogP contribution in [0.3, 0.4) is 0 Å². The van der Waals surface area contributed by atoms with Crippen LogP contribution in [0.25, 0.3) is 99.5 Å². The van der Waals surface area contributed by atoms with Crippen molar-refractivity contribution in [3.63, 3.8) is 0 Å². The van der Waals surface area contributed by atoms with Gasteiger partial charge in [-0.1, -0.05) is 103 Å². The lowest BCUT2D eigenvalue weighted by atomic mass is 9.92. The van der Waals surface area contributed by atoms with E-state index in [1.54, 1.807) is 12.4 Å². The molecule has 4 nitrogen and oxygen atoms in total. The molecule has 0 spiro atoms. The average Bonchev–Trinajstić information content (AvgIpc) is 3.22. The predicted molar refractivity (Wildman–Crippen MR) is 215 cm³/mol. The maximum atomic E-state index is 5.10. The Bertz CT molecular complexity index is 2760. The molecule has 0 fully saturated rings. The summed E-state index contributed by atoms with van der Waals surface area (Å²) in [5.41, 5.74) is 7.17. The van der Waals surface area contributed by atoms with E-state index in [1.165, 1.54) is 43.1 Å². The molecule has 8 aromatic carbocycles. The van der Waals surface area contributed by atoms with Crippen LogP contribution in [-0.4, -0.2) is 19.9 Å². The molecule has 0 aliphatic rings. The van der Waals surface area contributed by atoms with Crippen LogP contribution < -0.4 is 0 Å². The number of hydrogen-bond acceptors (Lipinski definition) is 4. The lowest BCUT2D eigenvalue weighted by molar-refractivity contribution is 1.07. The summed E-state index contributed by atoms with van der Waals surface area (Å²) in [6.07, 6.45) is 3.54. The second-order valence-electron chi connectivity index (χ2n) is 13.2. The van der Waals surface area contributed by atoms with Crippen molar-refractivity contribution in [2.45, 2.75) is 0 Å². The van der Waals surface area contributed by atoms with E-state index in [1.807, 2.05) is 42.5 Å². The first-order valence-electron chi connectivity index (χ1n) is 17.4. The molecule has 0 N–H and O–H groups in total. The third-order valence-electron chi connectivity index (χ3n) is 9.87. The van der Waals surface area contributed by atoms with Gasteiger partial charge >= 0.3 is 0 Å². The summed E-state index contributed by atoms with van der Waals surface area (Å²) in [7, 11) is 0. The van der Waals surface area contributed by atoms with Crippen molar-refractivity contribution in [3.05, 3.63) is 182 Å². The summed E-state index contributed by atoms with van der Waals surface area (Å²) in [6, 6.07) is 60.3.